The van der Waals surface area contributed by atoms with E-state index in [9.17, 15) is 10.5 Å². The molecular formula is C41H36N12O2. The summed E-state index contributed by atoms with van der Waals surface area (Å²) < 4.78 is 16.2. The van der Waals surface area contributed by atoms with Crippen LogP contribution in [0.1, 0.15) is 69.4 Å². The van der Waals surface area contributed by atoms with Gasteiger partial charge in [0.15, 0.2) is 34.6 Å². The fourth-order valence-corrected chi connectivity index (χ4v) is 6.62. The number of aromatic nitrogens is 10. The topological polar surface area (TPSA) is 186 Å². The molecule has 0 saturated carbocycles. The van der Waals surface area contributed by atoms with Crippen LogP contribution in [-0.4, -0.2) is 49.1 Å². The maximum atomic E-state index is 9.66. The van der Waals surface area contributed by atoms with Crippen LogP contribution >= 0.6 is 0 Å². The number of hydrogen-bond donors (Lipinski definition) is 0. The molecule has 8 rings (SSSR count). The van der Waals surface area contributed by atoms with E-state index in [4.69, 9.17) is 8.83 Å². The Morgan fingerprint density at radius 2 is 1.25 bits per heavy atom. The van der Waals surface area contributed by atoms with Crippen LogP contribution in [0.3, 0.4) is 0 Å². The average molecular weight is 729 g/mol. The smallest absolute Gasteiger partial charge is 0.195 e. The van der Waals surface area contributed by atoms with Gasteiger partial charge < -0.3 is 8.83 Å². The van der Waals surface area contributed by atoms with Gasteiger partial charge >= 0.3 is 0 Å². The maximum Gasteiger partial charge on any atom is 0.195 e. The molecule has 0 saturated heterocycles. The molecule has 0 aliphatic heterocycles. The van der Waals surface area contributed by atoms with E-state index in [1.807, 2.05) is 60.1 Å². The van der Waals surface area contributed by atoms with Gasteiger partial charge in [0.05, 0.1) is 23.8 Å². The minimum absolute atomic E-state index is 0.0136. The maximum absolute atomic E-state index is 9.66. The third-order valence-electron chi connectivity index (χ3n) is 9.08. The van der Waals surface area contributed by atoms with E-state index in [2.05, 4.69) is 87.0 Å². The van der Waals surface area contributed by atoms with Crippen LogP contribution in [0.2, 0.25) is 0 Å². The molecule has 0 N–H and O–H groups in total. The molecular weight excluding hydrogens is 693 g/mol. The van der Waals surface area contributed by atoms with E-state index in [-0.39, 0.29) is 16.5 Å². The van der Waals surface area contributed by atoms with Crippen LogP contribution in [0.4, 0.5) is 0 Å². The van der Waals surface area contributed by atoms with Crippen molar-refractivity contribution in [3.8, 4) is 57.3 Å². The molecule has 0 aliphatic rings. The van der Waals surface area contributed by atoms with Crippen molar-refractivity contribution in [1.29, 1.82) is 10.5 Å². The van der Waals surface area contributed by atoms with E-state index in [0.29, 0.717) is 82.3 Å². The summed E-state index contributed by atoms with van der Waals surface area (Å²) in [6.45, 7) is 12.5. The van der Waals surface area contributed by atoms with Crippen molar-refractivity contribution < 1.29 is 8.83 Å². The minimum Gasteiger partial charge on any atom is -0.441 e. The summed E-state index contributed by atoms with van der Waals surface area (Å²) in [4.78, 5) is 22.9. The zero-order chi connectivity index (χ0) is 38.5. The highest BCUT2D eigenvalue weighted by atomic mass is 16.4. The second-order valence-corrected chi connectivity index (χ2v) is 15.5. The standard InChI is InChI=1S/C41H36N12O2/c1-24-46-33-15-26(12-14-53(33)51-24)39-30(10-8-28(21-43)48-39)32-23-45-37(55-32)19-41(5,6)17-35-50-49-34-16-25(11-13-52(34)35)38-29(9-7-27(20-42)47-38)31-22-44-36(54-31)18-40(2,3)4/h7-16,22-23H,17-19H2,1-6H3. The summed E-state index contributed by atoms with van der Waals surface area (Å²) in [5, 5.41) is 32.7. The summed E-state index contributed by atoms with van der Waals surface area (Å²) in [5.74, 6) is 3.76. The lowest BCUT2D eigenvalue weighted by molar-refractivity contribution is 0.314. The molecule has 8 aromatic rings. The molecule has 0 bridgehead atoms. The molecule has 0 atom stereocenters. The lowest BCUT2D eigenvalue weighted by atomic mass is 9.85. The zero-order valence-corrected chi connectivity index (χ0v) is 31.2. The Morgan fingerprint density at radius 3 is 1.85 bits per heavy atom. The van der Waals surface area contributed by atoms with Crippen molar-refractivity contribution in [1.82, 2.24) is 49.1 Å². The summed E-state index contributed by atoms with van der Waals surface area (Å²) in [5.41, 5.74) is 5.77. The first-order chi connectivity index (χ1) is 26.3. The molecule has 0 amide bonds. The van der Waals surface area contributed by atoms with Gasteiger partial charge in [-0.15, -0.1) is 10.2 Å². The Balaban J connectivity index is 1.04. The highest BCUT2D eigenvalue weighted by Gasteiger charge is 2.26. The quantitative estimate of drug-likeness (QED) is 0.141. The number of hydrogen-bond acceptors (Lipinski definition) is 12. The molecule has 0 fully saturated rings. The molecule has 0 radical (unpaired) electrons. The van der Waals surface area contributed by atoms with Crippen LogP contribution in [0.15, 0.2) is 82.2 Å². The second kappa shape index (κ2) is 13.4. The van der Waals surface area contributed by atoms with Crippen molar-refractivity contribution in [3.05, 3.63) is 108 Å². The van der Waals surface area contributed by atoms with Crippen LogP contribution in [0.5, 0.6) is 0 Å². The molecule has 0 spiro atoms. The largest absolute Gasteiger partial charge is 0.441 e. The SMILES string of the molecule is Cc1nc2cc(-c3nc(C#N)ccc3-c3cnc(CC(C)(C)Cc4nnc5cc(-c6nc(C#N)ccc6-c6cnc(CC(C)(C)C)o6)ccn45)o3)ccn2n1. The van der Waals surface area contributed by atoms with Crippen molar-refractivity contribution in [2.24, 2.45) is 10.8 Å². The molecule has 8 heterocycles. The molecule has 0 unspecified atom stereocenters. The first kappa shape index (κ1) is 35.0. The van der Waals surface area contributed by atoms with Gasteiger partial charge in [0.25, 0.3) is 0 Å². The number of fused-ring (bicyclic) bond motifs is 2. The molecule has 0 aliphatic carbocycles. The third kappa shape index (κ3) is 7.18. The van der Waals surface area contributed by atoms with Crippen molar-refractivity contribution in [2.45, 2.75) is 60.8 Å². The first-order valence-corrected chi connectivity index (χ1v) is 17.7. The summed E-state index contributed by atoms with van der Waals surface area (Å²) in [7, 11) is 0. The van der Waals surface area contributed by atoms with Crippen molar-refractivity contribution in [2.75, 3.05) is 0 Å². The van der Waals surface area contributed by atoms with Gasteiger partial charge in [-0.3, -0.25) is 4.40 Å². The Bertz CT molecular complexity index is 2820. The Morgan fingerprint density at radius 1 is 0.673 bits per heavy atom. The van der Waals surface area contributed by atoms with Crippen molar-refractivity contribution in [3.63, 3.8) is 0 Å². The van der Waals surface area contributed by atoms with Gasteiger partial charge in [-0.1, -0.05) is 34.6 Å². The number of nitrogens with zero attached hydrogens (tertiary/aromatic N) is 12. The fourth-order valence-electron chi connectivity index (χ4n) is 6.62. The lowest BCUT2D eigenvalue weighted by Crippen LogP contribution is -2.20. The molecule has 8 aromatic heterocycles. The van der Waals surface area contributed by atoms with Gasteiger partial charge in [0.2, 0.25) is 0 Å². The highest BCUT2D eigenvalue weighted by Crippen LogP contribution is 2.36. The predicted molar refractivity (Wildman–Crippen MR) is 202 cm³/mol. The lowest BCUT2D eigenvalue weighted by Gasteiger charge is -2.21. The summed E-state index contributed by atoms with van der Waals surface area (Å²) in [6, 6.07) is 18.9. The van der Waals surface area contributed by atoms with E-state index in [1.165, 1.54) is 0 Å². The van der Waals surface area contributed by atoms with E-state index < -0.39 is 0 Å². The highest BCUT2D eigenvalue weighted by molar-refractivity contribution is 5.81. The van der Waals surface area contributed by atoms with Gasteiger partial charge in [0.1, 0.15) is 35.2 Å². The first-order valence-electron chi connectivity index (χ1n) is 17.7. The normalized spacial score (nSPS) is 12.0. The third-order valence-corrected chi connectivity index (χ3v) is 9.08. The monoisotopic (exact) mass is 728 g/mol. The number of oxazole rings is 2. The number of nitriles is 2. The molecule has 272 valence electrons. The van der Waals surface area contributed by atoms with Gasteiger partial charge in [-0.25, -0.2) is 29.4 Å². The van der Waals surface area contributed by atoms with Gasteiger partial charge in [-0.05, 0) is 66.3 Å². The Labute approximate surface area is 316 Å². The van der Waals surface area contributed by atoms with Gasteiger partial charge in [-0.2, -0.15) is 15.6 Å². The number of rotatable bonds is 9. The Hall–Kier alpha value is -7.06. The van der Waals surface area contributed by atoms with E-state index >= 15 is 0 Å². The second-order valence-electron chi connectivity index (χ2n) is 15.5. The number of pyridine rings is 4. The average Bonchev–Trinajstić information content (AvgIpc) is 3.97. The zero-order valence-electron chi connectivity index (χ0n) is 31.2. The van der Waals surface area contributed by atoms with Crippen LogP contribution in [0.25, 0.3) is 56.5 Å². The van der Waals surface area contributed by atoms with E-state index in [0.717, 1.165) is 22.5 Å². The minimum atomic E-state index is -0.320. The Kier molecular flexibility index (Phi) is 8.53. The van der Waals surface area contributed by atoms with Crippen LogP contribution < -0.4 is 0 Å². The van der Waals surface area contributed by atoms with E-state index in [1.54, 1.807) is 29.0 Å². The molecule has 0 aromatic carbocycles. The molecule has 14 heteroatoms. The summed E-state index contributed by atoms with van der Waals surface area (Å²) >= 11 is 0. The number of aryl methyl sites for hydroxylation is 1. The summed E-state index contributed by atoms with van der Waals surface area (Å²) in [6.07, 6.45) is 8.93. The predicted octanol–water partition coefficient (Wildman–Crippen LogP) is 7.66. The van der Waals surface area contributed by atoms with Gasteiger partial charge in [0, 0.05) is 53.9 Å². The van der Waals surface area contributed by atoms with Crippen molar-refractivity contribution >= 4 is 11.3 Å². The van der Waals surface area contributed by atoms with Crippen LogP contribution in [-0.2, 0) is 19.3 Å². The fraction of sp³-hybridized carbons (Fsp3) is 0.268. The van der Waals surface area contributed by atoms with Crippen LogP contribution in [0, 0.1) is 40.4 Å². The molecule has 14 nitrogen and oxygen atoms in total. The molecule has 55 heavy (non-hydrogen) atoms.